The number of sulfonamides is 1. The number of piperazine rings is 1. The zero-order chi connectivity index (χ0) is 24.0. The lowest BCUT2D eigenvalue weighted by Crippen LogP contribution is -2.51. The van der Waals surface area contributed by atoms with Crippen LogP contribution >= 0.6 is 0 Å². The third-order valence-electron chi connectivity index (χ3n) is 5.31. The minimum atomic E-state index is -5.05. The number of nitro groups is 1. The molecule has 0 saturated carbocycles. The van der Waals surface area contributed by atoms with Crippen molar-refractivity contribution in [1.29, 1.82) is 0 Å². The largest absolute Gasteiger partial charge is 0.442 e. The highest BCUT2D eigenvalue weighted by molar-refractivity contribution is 7.89. The second kappa shape index (κ2) is 8.16. The van der Waals surface area contributed by atoms with Crippen LogP contribution in [0.15, 0.2) is 11.1 Å². The monoisotopic (exact) mass is 479 g/mol. The molecule has 2 aromatic rings. The Balaban J connectivity index is 1.72. The lowest BCUT2D eigenvalue weighted by atomic mass is 10.3. The first-order valence-corrected chi connectivity index (χ1v) is 10.7. The van der Waals surface area contributed by atoms with Crippen LogP contribution < -0.4 is 0 Å². The molecular formula is C16H20F3N7O5S. The predicted molar refractivity (Wildman–Crippen MR) is 102 cm³/mol. The van der Waals surface area contributed by atoms with Gasteiger partial charge in [-0.05, 0) is 13.8 Å². The van der Waals surface area contributed by atoms with Gasteiger partial charge in [-0.1, -0.05) is 0 Å². The van der Waals surface area contributed by atoms with E-state index < -0.39 is 50.7 Å². The number of aromatic nitrogens is 4. The van der Waals surface area contributed by atoms with Crippen LogP contribution in [0.3, 0.4) is 0 Å². The van der Waals surface area contributed by atoms with Gasteiger partial charge in [0.1, 0.15) is 17.1 Å². The highest BCUT2D eigenvalue weighted by Gasteiger charge is 2.44. The van der Waals surface area contributed by atoms with Crippen LogP contribution in [-0.4, -0.2) is 74.2 Å². The SMILES string of the molecule is Cc1c(S(=O)(=O)N2CCN(C(=O)Cn3nc(C(F)(F)F)c([N+](=O)[O-])c3C)CC2)cnn1C. The van der Waals surface area contributed by atoms with E-state index in [-0.39, 0.29) is 31.1 Å². The van der Waals surface area contributed by atoms with Crippen molar-refractivity contribution in [1.82, 2.24) is 28.8 Å². The standard InChI is InChI=1S/C16H20F3N7O5S/c1-10-12(8-20-22(10)3)32(30,31)24-6-4-23(5-7-24)13(27)9-25-11(2)14(26(28)29)15(21-25)16(17,18)19/h8H,4-7,9H2,1-3H3. The molecule has 0 unspecified atom stereocenters. The van der Waals surface area contributed by atoms with Crippen molar-refractivity contribution >= 4 is 21.6 Å². The average Bonchev–Trinajstić information content (AvgIpc) is 3.22. The summed E-state index contributed by atoms with van der Waals surface area (Å²) in [5.74, 6) is -0.631. The Morgan fingerprint density at radius 2 is 1.78 bits per heavy atom. The number of nitrogens with zero attached hydrogens (tertiary/aromatic N) is 7. The second-order valence-electron chi connectivity index (χ2n) is 7.20. The summed E-state index contributed by atoms with van der Waals surface area (Å²) in [6.07, 6.45) is -3.81. The average molecular weight is 479 g/mol. The number of alkyl halides is 3. The van der Waals surface area contributed by atoms with Crippen LogP contribution in [0.1, 0.15) is 17.1 Å². The molecule has 3 rings (SSSR count). The Bertz CT molecular complexity index is 1160. The van der Waals surface area contributed by atoms with E-state index in [1.54, 1.807) is 14.0 Å². The third kappa shape index (κ3) is 4.19. The maximum absolute atomic E-state index is 13.1. The highest BCUT2D eigenvalue weighted by Crippen LogP contribution is 2.37. The Morgan fingerprint density at radius 1 is 1.19 bits per heavy atom. The van der Waals surface area contributed by atoms with E-state index >= 15 is 0 Å². The summed E-state index contributed by atoms with van der Waals surface area (Å²) < 4.78 is 68.1. The fourth-order valence-electron chi connectivity index (χ4n) is 3.38. The Morgan fingerprint density at radius 3 is 2.22 bits per heavy atom. The predicted octanol–water partition coefficient (Wildman–Crippen LogP) is 0.694. The zero-order valence-corrected chi connectivity index (χ0v) is 18.1. The molecule has 0 bridgehead atoms. The first kappa shape index (κ1) is 23.6. The second-order valence-corrected chi connectivity index (χ2v) is 9.10. The molecule has 12 nitrogen and oxygen atoms in total. The smallest absolute Gasteiger partial charge is 0.338 e. The van der Waals surface area contributed by atoms with E-state index in [1.807, 2.05) is 0 Å². The molecule has 1 saturated heterocycles. The van der Waals surface area contributed by atoms with E-state index in [0.29, 0.717) is 10.4 Å². The first-order valence-electron chi connectivity index (χ1n) is 9.30. The van der Waals surface area contributed by atoms with Crippen LogP contribution in [0.2, 0.25) is 0 Å². The van der Waals surface area contributed by atoms with Crippen LogP contribution in [0, 0.1) is 24.0 Å². The van der Waals surface area contributed by atoms with Crippen LogP contribution in [0.25, 0.3) is 0 Å². The molecule has 0 aliphatic carbocycles. The van der Waals surface area contributed by atoms with Crippen molar-refractivity contribution in [2.75, 3.05) is 26.2 Å². The van der Waals surface area contributed by atoms with Gasteiger partial charge in [-0.3, -0.25) is 24.3 Å². The number of carbonyl (C=O) groups excluding carboxylic acids is 1. The van der Waals surface area contributed by atoms with Gasteiger partial charge in [-0.2, -0.15) is 27.7 Å². The molecule has 0 radical (unpaired) electrons. The molecule has 0 N–H and O–H groups in total. The Hall–Kier alpha value is -3.01. The molecule has 176 valence electrons. The number of rotatable bonds is 5. The van der Waals surface area contributed by atoms with Crippen molar-refractivity contribution in [2.24, 2.45) is 7.05 Å². The molecule has 0 atom stereocenters. The molecule has 3 heterocycles. The van der Waals surface area contributed by atoms with Crippen molar-refractivity contribution in [3.63, 3.8) is 0 Å². The van der Waals surface area contributed by atoms with Crippen LogP contribution in [0.4, 0.5) is 18.9 Å². The molecule has 16 heteroatoms. The van der Waals surface area contributed by atoms with Gasteiger partial charge in [0.05, 0.1) is 16.8 Å². The van der Waals surface area contributed by atoms with Gasteiger partial charge >= 0.3 is 11.9 Å². The highest BCUT2D eigenvalue weighted by atomic mass is 32.2. The molecule has 0 aromatic carbocycles. The number of hydrogen-bond acceptors (Lipinski definition) is 7. The topological polar surface area (TPSA) is 136 Å². The lowest BCUT2D eigenvalue weighted by molar-refractivity contribution is -0.388. The molecular weight excluding hydrogens is 459 g/mol. The summed E-state index contributed by atoms with van der Waals surface area (Å²) in [5.41, 5.74) is -2.81. The summed E-state index contributed by atoms with van der Waals surface area (Å²) in [4.78, 5) is 23.8. The summed E-state index contributed by atoms with van der Waals surface area (Å²) in [7, 11) is -2.21. The minimum absolute atomic E-state index is 0.00586. The fraction of sp³-hybridized carbons (Fsp3) is 0.562. The van der Waals surface area contributed by atoms with Gasteiger partial charge in [-0.15, -0.1) is 0 Å². The molecule has 1 aliphatic heterocycles. The normalized spacial score (nSPS) is 15.9. The van der Waals surface area contributed by atoms with Gasteiger partial charge in [0, 0.05) is 33.2 Å². The van der Waals surface area contributed by atoms with Crippen molar-refractivity contribution < 1.29 is 31.3 Å². The van der Waals surface area contributed by atoms with Gasteiger partial charge in [0.2, 0.25) is 21.6 Å². The summed E-state index contributed by atoms with van der Waals surface area (Å²) in [6.45, 7) is 2.02. The summed E-state index contributed by atoms with van der Waals surface area (Å²) >= 11 is 0. The molecule has 1 aliphatic rings. The molecule has 2 aromatic heterocycles. The first-order chi connectivity index (χ1) is 14.7. The number of aryl methyl sites for hydroxylation is 1. The zero-order valence-electron chi connectivity index (χ0n) is 17.3. The van der Waals surface area contributed by atoms with Crippen molar-refractivity contribution in [3.05, 3.63) is 33.4 Å². The quantitative estimate of drug-likeness (QED) is 0.455. The summed E-state index contributed by atoms with van der Waals surface area (Å²) in [5, 5.41) is 18.2. The maximum atomic E-state index is 13.1. The number of amides is 1. The van der Waals surface area contributed by atoms with E-state index in [4.69, 9.17) is 0 Å². The minimum Gasteiger partial charge on any atom is -0.338 e. The van der Waals surface area contributed by atoms with Crippen molar-refractivity contribution in [3.8, 4) is 0 Å². The van der Waals surface area contributed by atoms with E-state index in [0.717, 1.165) is 6.92 Å². The van der Waals surface area contributed by atoms with E-state index in [1.165, 1.54) is 20.1 Å². The Labute approximate surface area is 180 Å². The van der Waals surface area contributed by atoms with E-state index in [2.05, 4.69) is 10.2 Å². The van der Waals surface area contributed by atoms with Gasteiger partial charge in [-0.25, -0.2) is 8.42 Å². The summed E-state index contributed by atoms with van der Waals surface area (Å²) in [6, 6.07) is 0. The number of halogens is 3. The van der Waals surface area contributed by atoms with Gasteiger partial charge in [0.15, 0.2) is 0 Å². The molecule has 32 heavy (non-hydrogen) atoms. The molecule has 1 fully saturated rings. The fourth-order valence-corrected chi connectivity index (χ4v) is 4.98. The molecule has 0 spiro atoms. The lowest BCUT2D eigenvalue weighted by Gasteiger charge is -2.34. The Kier molecular flexibility index (Phi) is 6.03. The maximum Gasteiger partial charge on any atom is 0.442 e. The molecule has 1 amide bonds. The number of carbonyl (C=O) groups is 1. The third-order valence-corrected chi connectivity index (χ3v) is 7.31. The van der Waals surface area contributed by atoms with Crippen molar-refractivity contribution in [2.45, 2.75) is 31.5 Å². The number of hydrogen-bond donors (Lipinski definition) is 0. The van der Waals surface area contributed by atoms with Gasteiger partial charge in [0.25, 0.3) is 0 Å². The van der Waals surface area contributed by atoms with E-state index in [9.17, 15) is 36.5 Å². The van der Waals surface area contributed by atoms with Crippen LogP contribution in [0.5, 0.6) is 0 Å². The van der Waals surface area contributed by atoms with Gasteiger partial charge < -0.3 is 4.90 Å². The van der Waals surface area contributed by atoms with Crippen LogP contribution in [-0.2, 0) is 34.6 Å².